The van der Waals surface area contributed by atoms with Gasteiger partial charge in [-0.1, -0.05) is 12.1 Å². The van der Waals surface area contributed by atoms with Crippen LogP contribution in [0.3, 0.4) is 0 Å². The van der Waals surface area contributed by atoms with Crippen molar-refractivity contribution < 1.29 is 27.8 Å². The molecule has 158 valence electrons. The number of halogens is 3. The van der Waals surface area contributed by atoms with Gasteiger partial charge in [-0.25, -0.2) is 9.31 Å². The van der Waals surface area contributed by atoms with E-state index in [4.69, 9.17) is 9.84 Å². The minimum absolute atomic E-state index is 0.0132. The summed E-state index contributed by atoms with van der Waals surface area (Å²) in [4.78, 5) is 15.5. The Bertz CT molecular complexity index is 1270. The van der Waals surface area contributed by atoms with E-state index >= 15 is 0 Å². The van der Waals surface area contributed by atoms with E-state index in [1.54, 1.807) is 31.5 Å². The number of carboxylic acid groups (broad SMARTS) is 1. The van der Waals surface area contributed by atoms with Gasteiger partial charge in [0.05, 0.1) is 18.2 Å². The molecule has 7 nitrogen and oxygen atoms in total. The molecule has 0 spiro atoms. The first-order valence-corrected chi connectivity index (χ1v) is 8.97. The van der Waals surface area contributed by atoms with Crippen LogP contribution in [0.1, 0.15) is 15.9 Å². The number of aromatic carboxylic acids is 1. The van der Waals surface area contributed by atoms with E-state index in [1.807, 2.05) is 18.2 Å². The number of nitrogens with one attached hydrogen (secondary N) is 1. The van der Waals surface area contributed by atoms with E-state index in [2.05, 4.69) is 15.4 Å². The van der Waals surface area contributed by atoms with Crippen LogP contribution in [0.2, 0.25) is 0 Å². The molecule has 10 heteroatoms. The molecule has 31 heavy (non-hydrogen) atoms. The van der Waals surface area contributed by atoms with E-state index in [0.29, 0.717) is 11.4 Å². The van der Waals surface area contributed by atoms with Crippen LogP contribution in [0.4, 0.5) is 24.8 Å². The summed E-state index contributed by atoms with van der Waals surface area (Å²) in [6.07, 6.45) is -3.16. The van der Waals surface area contributed by atoms with Gasteiger partial charge in [0.25, 0.3) is 0 Å². The molecule has 0 aliphatic rings. The zero-order valence-corrected chi connectivity index (χ0v) is 16.0. The molecule has 2 aromatic carbocycles. The number of nitrogens with zero attached hydrogens (tertiary/aromatic N) is 3. The lowest BCUT2D eigenvalue weighted by atomic mass is 10.1. The molecule has 0 saturated carbocycles. The predicted octanol–water partition coefficient (Wildman–Crippen LogP) is 4.87. The van der Waals surface area contributed by atoms with Crippen molar-refractivity contribution in [3.8, 4) is 16.9 Å². The van der Waals surface area contributed by atoms with E-state index in [0.717, 1.165) is 23.3 Å². The summed E-state index contributed by atoms with van der Waals surface area (Å²) in [5, 5.41) is 16.0. The average Bonchev–Trinajstić information content (AvgIpc) is 3.15. The first-order valence-electron chi connectivity index (χ1n) is 8.97. The van der Waals surface area contributed by atoms with Gasteiger partial charge in [-0.05, 0) is 48.0 Å². The van der Waals surface area contributed by atoms with Crippen LogP contribution in [0.15, 0.2) is 60.8 Å². The molecular formula is C21H15F3N4O3. The van der Waals surface area contributed by atoms with E-state index in [1.165, 1.54) is 10.6 Å². The number of anilines is 2. The fourth-order valence-electron chi connectivity index (χ4n) is 3.13. The normalized spacial score (nSPS) is 11.5. The van der Waals surface area contributed by atoms with Crippen LogP contribution in [0.25, 0.3) is 16.8 Å². The number of aromatic nitrogens is 3. The van der Waals surface area contributed by atoms with Gasteiger partial charge >= 0.3 is 12.1 Å². The van der Waals surface area contributed by atoms with Gasteiger partial charge in [-0.3, -0.25) is 0 Å². The standard InChI is InChI=1S/C21H15F3N4O3/c1-31-14-7-4-12(5-8-14)15-3-2-10-28-18(15)26-20(27-28)25-13-6-9-16(19(29)30)17(11-13)21(22,23)24/h2-11H,1H3,(H,25,27)(H,29,30). The highest BCUT2D eigenvalue weighted by Crippen LogP contribution is 2.34. The second-order valence-corrected chi connectivity index (χ2v) is 6.54. The zero-order valence-electron chi connectivity index (χ0n) is 16.0. The number of methoxy groups -OCH3 is 1. The SMILES string of the molecule is COc1ccc(-c2cccn3nc(Nc4ccc(C(=O)O)c(C(F)(F)F)c4)nc23)cc1. The third kappa shape index (κ3) is 4.00. The summed E-state index contributed by atoms with van der Waals surface area (Å²) in [7, 11) is 1.57. The molecule has 4 aromatic rings. The molecule has 4 rings (SSSR count). The lowest BCUT2D eigenvalue weighted by Crippen LogP contribution is -2.13. The Hall–Kier alpha value is -4.08. The van der Waals surface area contributed by atoms with Crippen LogP contribution < -0.4 is 10.1 Å². The van der Waals surface area contributed by atoms with Crippen molar-refractivity contribution >= 4 is 23.3 Å². The van der Waals surface area contributed by atoms with Gasteiger partial charge in [0.1, 0.15) is 5.75 Å². The van der Waals surface area contributed by atoms with Gasteiger partial charge in [-0.2, -0.15) is 18.2 Å². The molecule has 0 amide bonds. The second kappa shape index (κ2) is 7.63. The summed E-state index contributed by atoms with van der Waals surface area (Å²) >= 11 is 0. The zero-order chi connectivity index (χ0) is 22.2. The number of hydrogen-bond acceptors (Lipinski definition) is 5. The maximum atomic E-state index is 13.3. The van der Waals surface area contributed by atoms with Crippen molar-refractivity contribution in [1.82, 2.24) is 14.6 Å². The fourth-order valence-corrected chi connectivity index (χ4v) is 3.13. The first kappa shape index (κ1) is 20.2. The summed E-state index contributed by atoms with van der Waals surface area (Å²) in [5.74, 6) is -0.893. The highest BCUT2D eigenvalue weighted by molar-refractivity contribution is 5.90. The lowest BCUT2D eigenvalue weighted by Gasteiger charge is -2.12. The van der Waals surface area contributed by atoms with Crippen LogP contribution in [-0.4, -0.2) is 32.8 Å². The molecular weight excluding hydrogens is 413 g/mol. The first-order chi connectivity index (χ1) is 14.8. The van der Waals surface area contributed by atoms with Crippen molar-refractivity contribution in [2.24, 2.45) is 0 Å². The molecule has 2 heterocycles. The summed E-state index contributed by atoms with van der Waals surface area (Å²) in [5.41, 5.74) is 0.0431. The summed E-state index contributed by atoms with van der Waals surface area (Å²) in [6.45, 7) is 0. The number of benzene rings is 2. The van der Waals surface area contributed by atoms with Crippen LogP contribution in [0.5, 0.6) is 5.75 Å². The number of hydrogen-bond donors (Lipinski definition) is 2. The molecule has 0 unspecified atom stereocenters. The van der Waals surface area contributed by atoms with Crippen molar-refractivity contribution in [3.05, 3.63) is 71.9 Å². The number of fused-ring (bicyclic) bond motifs is 1. The minimum Gasteiger partial charge on any atom is -0.497 e. The number of ether oxygens (including phenoxy) is 1. The van der Waals surface area contributed by atoms with Gasteiger partial charge in [0.2, 0.25) is 5.95 Å². The van der Waals surface area contributed by atoms with Crippen molar-refractivity contribution in [3.63, 3.8) is 0 Å². The quantitative estimate of drug-likeness (QED) is 0.472. The molecule has 0 bridgehead atoms. The van der Waals surface area contributed by atoms with E-state index < -0.39 is 23.3 Å². The van der Waals surface area contributed by atoms with Crippen LogP contribution in [-0.2, 0) is 6.18 Å². The Morgan fingerprint density at radius 2 is 1.87 bits per heavy atom. The lowest BCUT2D eigenvalue weighted by molar-refractivity contribution is -0.138. The highest BCUT2D eigenvalue weighted by atomic mass is 19.4. The van der Waals surface area contributed by atoms with E-state index in [9.17, 15) is 18.0 Å². The molecule has 0 aliphatic heterocycles. The third-order valence-corrected chi connectivity index (χ3v) is 4.57. The maximum absolute atomic E-state index is 13.3. The molecule has 0 radical (unpaired) electrons. The van der Waals surface area contributed by atoms with Crippen LogP contribution in [0, 0.1) is 0 Å². The highest BCUT2D eigenvalue weighted by Gasteiger charge is 2.35. The van der Waals surface area contributed by atoms with Crippen molar-refractivity contribution in [1.29, 1.82) is 0 Å². The summed E-state index contributed by atoms with van der Waals surface area (Å²) < 4.78 is 46.4. The third-order valence-electron chi connectivity index (χ3n) is 4.57. The minimum atomic E-state index is -4.82. The Kier molecular flexibility index (Phi) is 4.97. The smallest absolute Gasteiger partial charge is 0.417 e. The van der Waals surface area contributed by atoms with Gasteiger partial charge in [0, 0.05) is 17.4 Å². The maximum Gasteiger partial charge on any atom is 0.417 e. The van der Waals surface area contributed by atoms with Gasteiger partial charge in [0.15, 0.2) is 5.65 Å². The Labute approximate surface area is 173 Å². The average molecular weight is 428 g/mol. The molecule has 0 atom stereocenters. The molecule has 2 aromatic heterocycles. The largest absolute Gasteiger partial charge is 0.497 e. The number of pyridine rings is 1. The molecule has 2 N–H and O–H groups in total. The number of carbonyl (C=O) groups is 1. The Morgan fingerprint density at radius 1 is 1.13 bits per heavy atom. The molecule has 0 fully saturated rings. The van der Waals surface area contributed by atoms with Crippen molar-refractivity contribution in [2.45, 2.75) is 6.18 Å². The second-order valence-electron chi connectivity index (χ2n) is 6.54. The van der Waals surface area contributed by atoms with Gasteiger partial charge < -0.3 is 15.2 Å². The van der Waals surface area contributed by atoms with Crippen LogP contribution >= 0.6 is 0 Å². The number of rotatable bonds is 5. The monoisotopic (exact) mass is 428 g/mol. The number of alkyl halides is 3. The van der Waals surface area contributed by atoms with E-state index in [-0.39, 0.29) is 11.6 Å². The molecule has 0 aliphatic carbocycles. The Morgan fingerprint density at radius 3 is 2.52 bits per heavy atom. The number of carboxylic acids is 1. The topological polar surface area (TPSA) is 88.8 Å². The van der Waals surface area contributed by atoms with Crippen molar-refractivity contribution in [2.75, 3.05) is 12.4 Å². The summed E-state index contributed by atoms with van der Waals surface area (Å²) in [6, 6.07) is 13.8. The Balaban J connectivity index is 1.71. The molecule has 0 saturated heterocycles. The predicted molar refractivity (Wildman–Crippen MR) is 107 cm³/mol. The fraction of sp³-hybridized carbons (Fsp3) is 0.0952. The van der Waals surface area contributed by atoms with Gasteiger partial charge in [-0.15, -0.1) is 5.10 Å².